The van der Waals surface area contributed by atoms with Crippen LogP contribution in [-0.4, -0.2) is 11.8 Å². The van der Waals surface area contributed by atoms with Crippen LogP contribution in [0.3, 0.4) is 0 Å². The molecule has 1 aliphatic rings. The van der Waals surface area contributed by atoms with Gasteiger partial charge in [-0.05, 0) is 67.3 Å². The van der Waals surface area contributed by atoms with E-state index in [1.165, 1.54) is 4.90 Å². The molecular formula is C25H21ClN2O2. The van der Waals surface area contributed by atoms with Crippen LogP contribution in [0, 0.1) is 20.8 Å². The predicted octanol–water partition coefficient (Wildman–Crippen LogP) is 5.66. The second-order valence-electron chi connectivity index (χ2n) is 7.41. The first-order valence-electron chi connectivity index (χ1n) is 9.65. The standard InChI is InChI=1S/C25H21ClN2O2/c1-15-9-11-18(13-17(15)3)22-23(27-21-14-19(26)12-10-16(21)2)25(30)28(24(22)29)20-7-5-4-6-8-20/h4-14,27H,1-3H3. The molecule has 1 N–H and O–H groups in total. The molecule has 3 aromatic rings. The van der Waals surface area contributed by atoms with Crippen molar-refractivity contribution in [2.24, 2.45) is 0 Å². The molecule has 0 saturated carbocycles. The topological polar surface area (TPSA) is 49.4 Å². The molecule has 3 aromatic carbocycles. The highest BCUT2D eigenvalue weighted by Gasteiger charge is 2.40. The maximum Gasteiger partial charge on any atom is 0.282 e. The van der Waals surface area contributed by atoms with E-state index in [-0.39, 0.29) is 17.5 Å². The Hall–Kier alpha value is -3.37. The van der Waals surface area contributed by atoms with Crippen molar-refractivity contribution in [3.63, 3.8) is 0 Å². The highest BCUT2D eigenvalue weighted by Crippen LogP contribution is 2.35. The maximum absolute atomic E-state index is 13.4. The Balaban J connectivity index is 1.87. The summed E-state index contributed by atoms with van der Waals surface area (Å²) in [4.78, 5) is 28.1. The molecule has 4 nitrogen and oxygen atoms in total. The Labute approximate surface area is 180 Å². The van der Waals surface area contributed by atoms with Gasteiger partial charge in [0.05, 0.1) is 11.3 Å². The van der Waals surface area contributed by atoms with Gasteiger partial charge >= 0.3 is 0 Å². The van der Waals surface area contributed by atoms with Gasteiger partial charge in [-0.25, -0.2) is 4.90 Å². The third-order valence-corrected chi connectivity index (χ3v) is 5.59. The normalized spacial score (nSPS) is 13.9. The predicted molar refractivity (Wildman–Crippen MR) is 122 cm³/mol. The van der Waals surface area contributed by atoms with Gasteiger partial charge in [0.15, 0.2) is 0 Å². The number of carbonyl (C=O) groups is 2. The molecule has 0 radical (unpaired) electrons. The number of hydrogen-bond donors (Lipinski definition) is 1. The Bertz CT molecular complexity index is 1200. The quantitative estimate of drug-likeness (QED) is 0.558. The molecular weight excluding hydrogens is 396 g/mol. The summed E-state index contributed by atoms with van der Waals surface area (Å²) in [7, 11) is 0. The van der Waals surface area contributed by atoms with E-state index in [0.29, 0.717) is 27.5 Å². The van der Waals surface area contributed by atoms with E-state index in [4.69, 9.17) is 11.6 Å². The first-order chi connectivity index (χ1) is 14.4. The zero-order valence-corrected chi connectivity index (χ0v) is 17.7. The number of aryl methyl sites for hydroxylation is 3. The van der Waals surface area contributed by atoms with Crippen molar-refractivity contribution in [1.82, 2.24) is 0 Å². The van der Waals surface area contributed by atoms with Crippen molar-refractivity contribution in [3.05, 3.63) is 99.7 Å². The molecule has 0 spiro atoms. The van der Waals surface area contributed by atoms with Crippen LogP contribution < -0.4 is 10.2 Å². The fourth-order valence-corrected chi connectivity index (χ4v) is 3.66. The summed E-state index contributed by atoms with van der Waals surface area (Å²) in [5, 5.41) is 3.74. The third kappa shape index (κ3) is 3.51. The van der Waals surface area contributed by atoms with Gasteiger partial charge in [-0.3, -0.25) is 9.59 Å². The molecule has 1 aliphatic heterocycles. The van der Waals surface area contributed by atoms with Crippen LogP contribution in [0.2, 0.25) is 5.02 Å². The van der Waals surface area contributed by atoms with Crippen molar-refractivity contribution >= 4 is 40.4 Å². The van der Waals surface area contributed by atoms with Crippen molar-refractivity contribution in [3.8, 4) is 0 Å². The number of carbonyl (C=O) groups excluding carboxylic acids is 2. The minimum absolute atomic E-state index is 0.248. The summed E-state index contributed by atoms with van der Waals surface area (Å²) in [5.74, 6) is -0.740. The van der Waals surface area contributed by atoms with Crippen LogP contribution in [0.5, 0.6) is 0 Å². The van der Waals surface area contributed by atoms with Crippen molar-refractivity contribution < 1.29 is 9.59 Å². The average molecular weight is 417 g/mol. The van der Waals surface area contributed by atoms with Gasteiger partial charge in [-0.2, -0.15) is 0 Å². The molecule has 4 rings (SSSR count). The molecule has 0 aliphatic carbocycles. The van der Waals surface area contributed by atoms with Gasteiger partial charge in [0.1, 0.15) is 5.70 Å². The monoisotopic (exact) mass is 416 g/mol. The SMILES string of the molecule is Cc1ccc(C2=C(Nc3cc(Cl)ccc3C)C(=O)N(c3ccccc3)C2=O)cc1C. The van der Waals surface area contributed by atoms with Crippen molar-refractivity contribution in [2.75, 3.05) is 10.2 Å². The number of anilines is 2. The van der Waals surface area contributed by atoms with Crippen LogP contribution in [0.4, 0.5) is 11.4 Å². The van der Waals surface area contributed by atoms with Crippen LogP contribution in [0.1, 0.15) is 22.3 Å². The number of nitrogens with one attached hydrogen (secondary N) is 1. The van der Waals surface area contributed by atoms with Gasteiger partial charge in [0.25, 0.3) is 11.8 Å². The van der Waals surface area contributed by atoms with Crippen molar-refractivity contribution in [1.29, 1.82) is 0 Å². The van der Waals surface area contributed by atoms with E-state index in [1.54, 1.807) is 36.4 Å². The lowest BCUT2D eigenvalue weighted by molar-refractivity contribution is -0.120. The zero-order valence-electron chi connectivity index (χ0n) is 17.0. The smallest absolute Gasteiger partial charge is 0.282 e. The minimum Gasteiger partial charge on any atom is -0.350 e. The number of hydrogen-bond acceptors (Lipinski definition) is 3. The second-order valence-corrected chi connectivity index (χ2v) is 7.85. The van der Waals surface area contributed by atoms with Crippen molar-refractivity contribution in [2.45, 2.75) is 20.8 Å². The van der Waals surface area contributed by atoms with E-state index in [9.17, 15) is 9.59 Å². The molecule has 2 amide bonds. The molecule has 0 aromatic heterocycles. The second kappa shape index (κ2) is 7.81. The molecule has 0 atom stereocenters. The highest BCUT2D eigenvalue weighted by atomic mass is 35.5. The van der Waals surface area contributed by atoms with Gasteiger partial charge in [-0.1, -0.05) is 54.1 Å². The van der Waals surface area contributed by atoms with E-state index in [0.717, 1.165) is 16.7 Å². The van der Waals surface area contributed by atoms with Gasteiger partial charge < -0.3 is 5.32 Å². The van der Waals surface area contributed by atoms with Gasteiger partial charge in [0, 0.05) is 10.7 Å². The average Bonchev–Trinajstić information content (AvgIpc) is 2.97. The summed E-state index contributed by atoms with van der Waals surface area (Å²) >= 11 is 6.17. The van der Waals surface area contributed by atoms with Crippen LogP contribution in [0.25, 0.3) is 5.57 Å². The Morgan fingerprint density at radius 3 is 2.17 bits per heavy atom. The summed E-state index contributed by atoms with van der Waals surface area (Å²) in [6.45, 7) is 5.93. The molecule has 0 saturated heterocycles. The van der Waals surface area contributed by atoms with E-state index >= 15 is 0 Å². The van der Waals surface area contributed by atoms with Crippen LogP contribution >= 0.6 is 11.6 Å². The number of nitrogens with zero attached hydrogens (tertiary/aromatic N) is 1. The van der Waals surface area contributed by atoms with E-state index < -0.39 is 0 Å². The number of imide groups is 1. The van der Waals surface area contributed by atoms with Crippen LogP contribution in [0.15, 0.2) is 72.4 Å². The van der Waals surface area contributed by atoms with Crippen LogP contribution in [-0.2, 0) is 9.59 Å². The number of benzene rings is 3. The molecule has 0 unspecified atom stereocenters. The summed E-state index contributed by atoms with van der Waals surface area (Å²) in [6, 6.07) is 20.2. The largest absolute Gasteiger partial charge is 0.350 e. The Morgan fingerprint density at radius 1 is 0.767 bits per heavy atom. The fraction of sp³-hybridized carbons (Fsp3) is 0.120. The summed E-state index contributed by atoms with van der Waals surface area (Å²) < 4.78 is 0. The Kier molecular flexibility index (Phi) is 5.18. The fourth-order valence-electron chi connectivity index (χ4n) is 3.49. The zero-order chi connectivity index (χ0) is 21.4. The maximum atomic E-state index is 13.4. The van der Waals surface area contributed by atoms with E-state index in [2.05, 4.69) is 5.32 Å². The number of rotatable bonds is 4. The number of halogens is 1. The lowest BCUT2D eigenvalue weighted by Crippen LogP contribution is -2.32. The first-order valence-corrected chi connectivity index (χ1v) is 10.0. The molecule has 0 fully saturated rings. The number of para-hydroxylation sites is 1. The molecule has 1 heterocycles. The van der Waals surface area contributed by atoms with E-state index in [1.807, 2.05) is 51.1 Å². The highest BCUT2D eigenvalue weighted by molar-refractivity contribution is 6.46. The van der Waals surface area contributed by atoms with Gasteiger partial charge in [-0.15, -0.1) is 0 Å². The molecule has 5 heteroatoms. The molecule has 0 bridgehead atoms. The lowest BCUT2D eigenvalue weighted by Gasteiger charge is -2.15. The molecule has 150 valence electrons. The third-order valence-electron chi connectivity index (χ3n) is 5.35. The van der Waals surface area contributed by atoms with Gasteiger partial charge in [0.2, 0.25) is 0 Å². The minimum atomic E-state index is -0.390. The summed E-state index contributed by atoms with van der Waals surface area (Å²) in [6.07, 6.45) is 0. The molecule has 30 heavy (non-hydrogen) atoms. The summed E-state index contributed by atoms with van der Waals surface area (Å²) in [5.41, 5.74) is 5.63. The number of amides is 2. The Morgan fingerprint density at radius 2 is 1.47 bits per heavy atom. The lowest BCUT2D eigenvalue weighted by atomic mass is 9.99. The first kappa shape index (κ1) is 19.9.